The molecule has 1 aromatic carbocycles. The first-order valence-corrected chi connectivity index (χ1v) is 5.93. The average molecular weight is 243 g/mol. The highest BCUT2D eigenvalue weighted by Gasteiger charge is 2.18. The summed E-state index contributed by atoms with van der Waals surface area (Å²) < 4.78 is 13.6. The van der Waals surface area contributed by atoms with Gasteiger partial charge in [-0.1, -0.05) is 17.7 Å². The number of rotatable bonds is 2. The van der Waals surface area contributed by atoms with E-state index in [2.05, 4.69) is 17.1 Å². The van der Waals surface area contributed by atoms with E-state index in [-0.39, 0.29) is 5.82 Å². The first kappa shape index (κ1) is 11.8. The molecule has 1 N–H and O–H groups in total. The molecule has 16 heavy (non-hydrogen) atoms. The van der Waals surface area contributed by atoms with Crippen molar-refractivity contribution in [1.82, 2.24) is 10.2 Å². The van der Waals surface area contributed by atoms with Crippen molar-refractivity contribution in [3.05, 3.63) is 34.6 Å². The fraction of sp³-hybridized carbons (Fsp3) is 0.500. The second-order valence-electron chi connectivity index (χ2n) is 4.26. The first-order valence-electron chi connectivity index (χ1n) is 5.55. The van der Waals surface area contributed by atoms with Gasteiger partial charge in [0.15, 0.2) is 0 Å². The van der Waals surface area contributed by atoms with E-state index in [0.29, 0.717) is 17.6 Å². The van der Waals surface area contributed by atoms with E-state index < -0.39 is 0 Å². The molecule has 0 spiro atoms. The van der Waals surface area contributed by atoms with Gasteiger partial charge in [0.2, 0.25) is 0 Å². The van der Waals surface area contributed by atoms with Crippen molar-refractivity contribution in [1.29, 1.82) is 0 Å². The van der Waals surface area contributed by atoms with Crippen molar-refractivity contribution in [2.75, 3.05) is 19.6 Å². The van der Waals surface area contributed by atoms with Gasteiger partial charge >= 0.3 is 0 Å². The summed E-state index contributed by atoms with van der Waals surface area (Å²) in [7, 11) is 0. The maximum Gasteiger partial charge on any atom is 0.129 e. The molecular formula is C12H16ClFN2. The van der Waals surface area contributed by atoms with Crippen LogP contribution in [-0.4, -0.2) is 30.6 Å². The molecule has 0 saturated carbocycles. The van der Waals surface area contributed by atoms with E-state index in [1.54, 1.807) is 12.1 Å². The van der Waals surface area contributed by atoms with Crippen LogP contribution >= 0.6 is 11.6 Å². The van der Waals surface area contributed by atoms with Crippen molar-refractivity contribution in [3.8, 4) is 0 Å². The van der Waals surface area contributed by atoms with Gasteiger partial charge in [-0.3, -0.25) is 4.90 Å². The maximum atomic E-state index is 13.6. The number of piperazine rings is 1. The quantitative estimate of drug-likeness (QED) is 0.856. The van der Waals surface area contributed by atoms with Gasteiger partial charge < -0.3 is 5.32 Å². The van der Waals surface area contributed by atoms with Gasteiger partial charge in [0, 0.05) is 42.8 Å². The fourth-order valence-corrected chi connectivity index (χ4v) is 2.15. The highest BCUT2D eigenvalue weighted by atomic mass is 35.5. The average Bonchev–Trinajstić information content (AvgIpc) is 2.25. The van der Waals surface area contributed by atoms with Crippen LogP contribution in [0.25, 0.3) is 0 Å². The Balaban J connectivity index is 2.07. The standard InChI is InChI=1S/C12H16ClFN2/c1-9-7-15-4-5-16(9)8-10-2-3-11(13)6-12(10)14/h2-3,6,9,15H,4-5,7-8H2,1H3. The number of nitrogens with zero attached hydrogens (tertiary/aromatic N) is 1. The molecule has 1 aliphatic rings. The molecule has 2 nitrogen and oxygen atoms in total. The van der Waals surface area contributed by atoms with Crippen molar-refractivity contribution >= 4 is 11.6 Å². The molecule has 1 atom stereocenters. The second kappa shape index (κ2) is 5.13. The zero-order chi connectivity index (χ0) is 11.5. The number of hydrogen-bond acceptors (Lipinski definition) is 2. The second-order valence-corrected chi connectivity index (χ2v) is 4.70. The molecule has 0 aromatic heterocycles. The summed E-state index contributed by atoms with van der Waals surface area (Å²) in [6, 6.07) is 5.34. The number of hydrogen-bond donors (Lipinski definition) is 1. The number of benzene rings is 1. The topological polar surface area (TPSA) is 15.3 Å². The fourth-order valence-electron chi connectivity index (χ4n) is 1.99. The molecule has 1 aromatic rings. The van der Waals surface area contributed by atoms with E-state index in [1.165, 1.54) is 6.07 Å². The van der Waals surface area contributed by atoms with Crippen LogP contribution in [0.5, 0.6) is 0 Å². The minimum atomic E-state index is -0.210. The van der Waals surface area contributed by atoms with Crippen molar-refractivity contribution in [2.24, 2.45) is 0 Å². The van der Waals surface area contributed by atoms with Crippen LogP contribution in [-0.2, 0) is 6.54 Å². The van der Waals surface area contributed by atoms with Crippen LogP contribution in [0.2, 0.25) is 5.02 Å². The minimum Gasteiger partial charge on any atom is -0.314 e. The summed E-state index contributed by atoms with van der Waals surface area (Å²) in [4.78, 5) is 2.28. The van der Waals surface area contributed by atoms with Crippen LogP contribution < -0.4 is 5.32 Å². The zero-order valence-corrected chi connectivity index (χ0v) is 10.1. The lowest BCUT2D eigenvalue weighted by atomic mass is 10.1. The van der Waals surface area contributed by atoms with Gasteiger partial charge in [-0.05, 0) is 19.1 Å². The predicted octanol–water partition coefficient (Wildman–Crippen LogP) is 2.27. The van der Waals surface area contributed by atoms with Gasteiger partial charge in [-0.2, -0.15) is 0 Å². The monoisotopic (exact) mass is 242 g/mol. The molecule has 1 fully saturated rings. The Morgan fingerprint density at radius 1 is 1.56 bits per heavy atom. The molecule has 0 amide bonds. The van der Waals surface area contributed by atoms with E-state index >= 15 is 0 Å². The third-order valence-electron chi connectivity index (χ3n) is 3.03. The van der Waals surface area contributed by atoms with E-state index in [9.17, 15) is 4.39 Å². The molecule has 88 valence electrons. The summed E-state index contributed by atoms with van der Waals surface area (Å²) in [5.41, 5.74) is 0.721. The molecule has 4 heteroatoms. The summed E-state index contributed by atoms with van der Waals surface area (Å²) in [5.74, 6) is -0.210. The lowest BCUT2D eigenvalue weighted by Crippen LogP contribution is -2.49. The van der Waals surface area contributed by atoms with Crippen molar-refractivity contribution in [2.45, 2.75) is 19.5 Å². The van der Waals surface area contributed by atoms with E-state index in [1.807, 2.05) is 0 Å². The Kier molecular flexibility index (Phi) is 3.79. The Hall–Kier alpha value is -0.640. The molecule has 1 saturated heterocycles. The number of nitrogens with one attached hydrogen (secondary N) is 1. The van der Waals surface area contributed by atoms with Crippen LogP contribution in [0.1, 0.15) is 12.5 Å². The van der Waals surface area contributed by atoms with Crippen molar-refractivity contribution < 1.29 is 4.39 Å². The van der Waals surface area contributed by atoms with Gasteiger partial charge in [-0.25, -0.2) is 4.39 Å². The first-order chi connectivity index (χ1) is 7.66. The number of halogens is 2. The molecular weight excluding hydrogens is 227 g/mol. The van der Waals surface area contributed by atoms with E-state index in [0.717, 1.165) is 25.2 Å². The van der Waals surface area contributed by atoms with Crippen molar-refractivity contribution in [3.63, 3.8) is 0 Å². The molecule has 0 aliphatic carbocycles. The summed E-state index contributed by atoms with van der Waals surface area (Å²) in [6.45, 7) is 5.71. The molecule has 2 rings (SSSR count). The molecule has 1 aliphatic heterocycles. The van der Waals surface area contributed by atoms with Gasteiger partial charge in [-0.15, -0.1) is 0 Å². The Morgan fingerprint density at radius 2 is 2.38 bits per heavy atom. The lowest BCUT2D eigenvalue weighted by molar-refractivity contribution is 0.164. The molecule has 1 heterocycles. The Morgan fingerprint density at radius 3 is 3.06 bits per heavy atom. The van der Waals surface area contributed by atoms with Gasteiger partial charge in [0.1, 0.15) is 5.82 Å². The highest BCUT2D eigenvalue weighted by Crippen LogP contribution is 2.17. The maximum absolute atomic E-state index is 13.6. The zero-order valence-electron chi connectivity index (χ0n) is 9.34. The SMILES string of the molecule is CC1CNCCN1Cc1ccc(Cl)cc1F. The van der Waals surface area contributed by atoms with Gasteiger partial charge in [0.25, 0.3) is 0 Å². The van der Waals surface area contributed by atoms with Crippen LogP contribution in [0, 0.1) is 5.82 Å². The van der Waals surface area contributed by atoms with Crippen LogP contribution in [0.15, 0.2) is 18.2 Å². The van der Waals surface area contributed by atoms with Gasteiger partial charge in [0.05, 0.1) is 0 Å². The normalized spacial score (nSPS) is 22.3. The predicted molar refractivity (Wildman–Crippen MR) is 64.2 cm³/mol. The molecule has 0 radical (unpaired) electrons. The third kappa shape index (κ3) is 2.73. The molecule has 0 bridgehead atoms. The molecule has 1 unspecified atom stereocenters. The van der Waals surface area contributed by atoms with Crippen LogP contribution in [0.4, 0.5) is 4.39 Å². The largest absolute Gasteiger partial charge is 0.314 e. The summed E-state index contributed by atoms with van der Waals surface area (Å²) >= 11 is 5.72. The van der Waals surface area contributed by atoms with E-state index in [4.69, 9.17) is 11.6 Å². The third-order valence-corrected chi connectivity index (χ3v) is 3.26. The summed E-state index contributed by atoms with van der Waals surface area (Å²) in [6.07, 6.45) is 0. The Labute approximate surface area is 100 Å². The lowest BCUT2D eigenvalue weighted by Gasteiger charge is -2.33. The summed E-state index contributed by atoms with van der Waals surface area (Å²) in [5, 5.41) is 3.77. The Bertz CT molecular complexity index is 370. The van der Waals surface area contributed by atoms with Crippen LogP contribution in [0.3, 0.4) is 0 Å². The minimum absolute atomic E-state index is 0.210. The highest BCUT2D eigenvalue weighted by molar-refractivity contribution is 6.30. The smallest absolute Gasteiger partial charge is 0.129 e.